The summed E-state index contributed by atoms with van der Waals surface area (Å²) in [6.45, 7) is 5.22. The number of ether oxygens (including phenoxy) is 2. The molecule has 1 aliphatic heterocycles. The van der Waals surface area contributed by atoms with E-state index in [1.54, 1.807) is 69.4 Å². The number of para-hydroxylation sites is 1. The van der Waals surface area contributed by atoms with Gasteiger partial charge in [-0.1, -0.05) is 39.0 Å². The molecule has 0 aliphatic carbocycles. The minimum atomic E-state index is -1.18. The zero-order valence-electron chi connectivity index (χ0n) is 19.7. The molecule has 2 aromatic carbocycles. The Bertz CT molecular complexity index is 1240. The molecule has 2 unspecified atom stereocenters. The minimum absolute atomic E-state index is 0.311. The topological polar surface area (TPSA) is 98.9 Å². The van der Waals surface area contributed by atoms with Crippen molar-refractivity contribution in [1.29, 1.82) is 0 Å². The Morgan fingerprint density at radius 1 is 1.03 bits per heavy atom. The first-order chi connectivity index (χ1) is 16.2. The number of oxazole rings is 1. The van der Waals surface area contributed by atoms with E-state index in [0.717, 1.165) is 0 Å². The van der Waals surface area contributed by atoms with Crippen molar-refractivity contribution >= 4 is 23.2 Å². The Balaban J connectivity index is 1.90. The van der Waals surface area contributed by atoms with Crippen LogP contribution in [0.15, 0.2) is 59.5 Å². The van der Waals surface area contributed by atoms with Gasteiger partial charge in [0.05, 0.1) is 32.0 Å². The molecule has 0 N–H and O–H groups in total. The van der Waals surface area contributed by atoms with E-state index in [1.807, 2.05) is 0 Å². The van der Waals surface area contributed by atoms with Crippen LogP contribution in [0.3, 0.4) is 0 Å². The summed E-state index contributed by atoms with van der Waals surface area (Å²) in [6.07, 6.45) is 2.86. The molecule has 34 heavy (non-hydrogen) atoms. The number of aromatic nitrogens is 1. The molecule has 0 bridgehead atoms. The zero-order chi connectivity index (χ0) is 24.6. The van der Waals surface area contributed by atoms with Crippen LogP contribution in [0, 0.1) is 11.3 Å². The number of carbonyl (C=O) groups is 3. The Morgan fingerprint density at radius 3 is 2.35 bits per heavy atom. The fourth-order valence-corrected chi connectivity index (χ4v) is 4.29. The Hall–Kier alpha value is -3.94. The molecule has 1 amide bonds. The van der Waals surface area contributed by atoms with Crippen molar-refractivity contribution in [3.63, 3.8) is 0 Å². The first-order valence-corrected chi connectivity index (χ1v) is 10.8. The first-order valence-electron chi connectivity index (χ1n) is 10.8. The molecule has 0 spiro atoms. The third kappa shape index (κ3) is 3.85. The summed E-state index contributed by atoms with van der Waals surface area (Å²) >= 11 is 0. The van der Waals surface area contributed by atoms with Crippen molar-refractivity contribution in [1.82, 2.24) is 4.98 Å². The lowest BCUT2D eigenvalue weighted by Gasteiger charge is -2.31. The van der Waals surface area contributed by atoms with Crippen LogP contribution in [-0.2, 0) is 14.4 Å². The number of nitrogens with zero attached hydrogens (tertiary/aromatic N) is 2. The summed E-state index contributed by atoms with van der Waals surface area (Å²) in [7, 11) is 3.01. The van der Waals surface area contributed by atoms with Crippen LogP contribution >= 0.6 is 0 Å². The number of carbonyl (C=O) groups excluding carboxylic acids is 3. The maximum atomic E-state index is 13.4. The van der Waals surface area contributed by atoms with Crippen LogP contribution in [0.4, 0.5) is 5.69 Å². The van der Waals surface area contributed by atoms with Gasteiger partial charge in [0.1, 0.15) is 17.4 Å². The van der Waals surface area contributed by atoms with Gasteiger partial charge in [0, 0.05) is 22.7 Å². The Kier molecular flexibility index (Phi) is 6.00. The highest BCUT2D eigenvalue weighted by atomic mass is 16.5. The van der Waals surface area contributed by atoms with Gasteiger partial charge in [-0.3, -0.25) is 19.3 Å². The third-order valence-electron chi connectivity index (χ3n) is 5.95. The van der Waals surface area contributed by atoms with E-state index in [-0.39, 0.29) is 5.78 Å². The molecule has 8 nitrogen and oxygen atoms in total. The molecule has 1 saturated heterocycles. The summed E-state index contributed by atoms with van der Waals surface area (Å²) < 4.78 is 16.5. The molecular formula is C26H26N2O6. The molecule has 2 heterocycles. The molecule has 1 aliphatic rings. The number of Topliss-reactive ketones (excluding diaryl/α,β-unsaturated/α-hetero) is 2. The second-order valence-electron chi connectivity index (χ2n) is 9.07. The molecule has 8 heteroatoms. The van der Waals surface area contributed by atoms with Gasteiger partial charge in [-0.15, -0.1) is 0 Å². The zero-order valence-corrected chi connectivity index (χ0v) is 19.7. The highest BCUT2D eigenvalue weighted by Gasteiger charge is 2.54. The number of hydrogen-bond donors (Lipinski definition) is 0. The van der Waals surface area contributed by atoms with Gasteiger partial charge in [-0.2, -0.15) is 0 Å². The highest BCUT2D eigenvalue weighted by Crippen LogP contribution is 2.46. The van der Waals surface area contributed by atoms with Crippen molar-refractivity contribution in [2.45, 2.75) is 26.8 Å². The van der Waals surface area contributed by atoms with E-state index in [2.05, 4.69) is 4.98 Å². The lowest BCUT2D eigenvalue weighted by molar-refractivity contribution is -0.141. The normalized spacial score (nSPS) is 18.3. The maximum Gasteiger partial charge on any atom is 0.295 e. The van der Waals surface area contributed by atoms with Crippen molar-refractivity contribution in [2.24, 2.45) is 11.3 Å². The minimum Gasteiger partial charge on any atom is -0.496 e. The van der Waals surface area contributed by atoms with E-state index in [4.69, 9.17) is 13.9 Å². The Labute approximate surface area is 197 Å². The molecule has 176 valence electrons. The number of benzene rings is 2. The average Bonchev–Trinajstić information content (AvgIpc) is 3.44. The van der Waals surface area contributed by atoms with Crippen molar-refractivity contribution in [3.8, 4) is 22.8 Å². The van der Waals surface area contributed by atoms with E-state index in [1.165, 1.54) is 25.5 Å². The fraction of sp³-hybridized carbons (Fsp3) is 0.308. The lowest BCUT2D eigenvalue weighted by Crippen LogP contribution is -2.36. The van der Waals surface area contributed by atoms with Gasteiger partial charge < -0.3 is 13.9 Å². The predicted molar refractivity (Wildman–Crippen MR) is 125 cm³/mol. The van der Waals surface area contributed by atoms with Crippen molar-refractivity contribution in [3.05, 3.63) is 60.6 Å². The van der Waals surface area contributed by atoms with Crippen LogP contribution < -0.4 is 14.4 Å². The number of rotatable bonds is 6. The lowest BCUT2D eigenvalue weighted by atomic mass is 9.77. The van der Waals surface area contributed by atoms with Gasteiger partial charge in [0.15, 0.2) is 17.9 Å². The number of anilines is 1. The maximum absolute atomic E-state index is 13.4. The van der Waals surface area contributed by atoms with E-state index < -0.39 is 29.1 Å². The third-order valence-corrected chi connectivity index (χ3v) is 5.95. The number of ketones is 2. The van der Waals surface area contributed by atoms with Crippen LogP contribution in [0.1, 0.15) is 32.4 Å². The molecule has 1 fully saturated rings. The van der Waals surface area contributed by atoms with Gasteiger partial charge in [0.2, 0.25) is 5.78 Å². The van der Waals surface area contributed by atoms with Crippen LogP contribution in [0.2, 0.25) is 0 Å². The van der Waals surface area contributed by atoms with Crippen molar-refractivity contribution in [2.75, 3.05) is 19.1 Å². The molecule has 2 atom stereocenters. The summed E-state index contributed by atoms with van der Waals surface area (Å²) in [5, 5.41) is 0. The standard InChI is InChI=1S/C26H26N2O6/c1-26(2,3)24(30)21-22(17-8-6-7-9-18(17)32-4)28(25(31)23(21)29)15-10-11-16(19(12-15)33-5)20-13-27-14-34-20/h6-14,21-22H,1-5H3. The average molecular weight is 463 g/mol. The van der Waals surface area contributed by atoms with E-state index in [9.17, 15) is 14.4 Å². The van der Waals surface area contributed by atoms with Crippen LogP contribution in [0.25, 0.3) is 11.3 Å². The molecule has 0 saturated carbocycles. The predicted octanol–water partition coefficient (Wildman–Crippen LogP) is 4.25. The number of methoxy groups -OCH3 is 2. The monoisotopic (exact) mass is 462 g/mol. The fourth-order valence-electron chi connectivity index (χ4n) is 4.29. The second kappa shape index (κ2) is 8.78. The summed E-state index contributed by atoms with van der Waals surface area (Å²) in [5.74, 6) is -1.58. The quantitative estimate of drug-likeness (QED) is 0.399. The van der Waals surface area contributed by atoms with Crippen molar-refractivity contribution < 1.29 is 28.3 Å². The SMILES string of the molecule is COc1cc(N2C(=O)C(=O)C(C(=O)C(C)(C)C)C2c2ccccc2OC)ccc1-c1cnco1. The van der Waals surface area contributed by atoms with Gasteiger partial charge in [0.25, 0.3) is 5.91 Å². The molecule has 4 rings (SSSR count). The molecule has 3 aromatic rings. The van der Waals surface area contributed by atoms with E-state index >= 15 is 0 Å². The number of hydrogen-bond acceptors (Lipinski definition) is 7. The van der Waals surface area contributed by atoms with Crippen LogP contribution in [-0.4, -0.2) is 36.7 Å². The molecular weight excluding hydrogens is 436 g/mol. The molecule has 1 aromatic heterocycles. The highest BCUT2D eigenvalue weighted by molar-refractivity contribution is 6.48. The van der Waals surface area contributed by atoms with Gasteiger partial charge in [-0.05, 0) is 18.2 Å². The number of amides is 1. The van der Waals surface area contributed by atoms with E-state index in [0.29, 0.717) is 34.1 Å². The summed E-state index contributed by atoms with van der Waals surface area (Å²) in [4.78, 5) is 45.3. The summed E-state index contributed by atoms with van der Waals surface area (Å²) in [6, 6.07) is 11.3. The molecule has 0 radical (unpaired) electrons. The van der Waals surface area contributed by atoms with Gasteiger partial charge in [-0.25, -0.2) is 4.98 Å². The van der Waals surface area contributed by atoms with Gasteiger partial charge >= 0.3 is 0 Å². The largest absolute Gasteiger partial charge is 0.496 e. The second-order valence-corrected chi connectivity index (χ2v) is 9.07. The summed E-state index contributed by atoms with van der Waals surface area (Å²) in [5.41, 5.74) is 0.798. The first kappa shape index (κ1) is 23.2. The smallest absolute Gasteiger partial charge is 0.295 e. The van der Waals surface area contributed by atoms with Crippen LogP contribution in [0.5, 0.6) is 11.5 Å². The Morgan fingerprint density at radius 2 is 1.74 bits per heavy atom.